The molecule has 7 heteroatoms. The number of benzene rings is 2. The van der Waals surface area contributed by atoms with Crippen LogP contribution in [-0.2, 0) is 0 Å². The Morgan fingerprint density at radius 2 is 1.88 bits per heavy atom. The van der Waals surface area contributed by atoms with E-state index >= 15 is 0 Å². The van der Waals surface area contributed by atoms with Crippen LogP contribution >= 0.6 is 22.9 Å². The Kier molecular flexibility index (Phi) is 4.98. The van der Waals surface area contributed by atoms with Crippen LogP contribution in [0.3, 0.4) is 0 Å². The zero-order valence-electron chi connectivity index (χ0n) is 12.7. The van der Waals surface area contributed by atoms with Gasteiger partial charge in [0, 0.05) is 21.7 Å². The monoisotopic (exact) mass is 359 g/mol. The van der Waals surface area contributed by atoms with Gasteiger partial charge in [-0.2, -0.15) is 0 Å². The van der Waals surface area contributed by atoms with Gasteiger partial charge in [0.05, 0.1) is 12.8 Å². The van der Waals surface area contributed by atoms with Crippen molar-refractivity contribution in [2.75, 3.05) is 17.7 Å². The summed E-state index contributed by atoms with van der Waals surface area (Å²) in [5.41, 5.74) is 2.28. The number of nitrogens with one attached hydrogen (secondary N) is 2. The summed E-state index contributed by atoms with van der Waals surface area (Å²) < 4.78 is 5.33. The standard InChI is InChI=1S/C17H14ClN3O2S/c1-23-15-5-3-2-4-13(15)14-10-24-17(20-14)21-16(22)19-12-8-6-11(18)7-9-12/h2-10H,1H3,(H2,19,20,21,22). The maximum Gasteiger partial charge on any atom is 0.325 e. The van der Waals surface area contributed by atoms with E-state index in [-0.39, 0.29) is 6.03 Å². The largest absolute Gasteiger partial charge is 0.496 e. The normalized spacial score (nSPS) is 10.2. The Balaban J connectivity index is 1.69. The summed E-state index contributed by atoms with van der Waals surface area (Å²) in [5.74, 6) is 0.736. The van der Waals surface area contributed by atoms with Crippen LogP contribution < -0.4 is 15.4 Å². The van der Waals surface area contributed by atoms with Crippen LogP contribution in [0.5, 0.6) is 5.75 Å². The number of para-hydroxylation sites is 1. The van der Waals surface area contributed by atoms with Gasteiger partial charge in [-0.1, -0.05) is 23.7 Å². The maximum absolute atomic E-state index is 12.0. The summed E-state index contributed by atoms with van der Waals surface area (Å²) in [6.07, 6.45) is 0. The van der Waals surface area contributed by atoms with E-state index in [0.29, 0.717) is 15.8 Å². The highest BCUT2D eigenvalue weighted by Gasteiger charge is 2.11. The van der Waals surface area contributed by atoms with Crippen molar-refractivity contribution in [1.29, 1.82) is 0 Å². The quantitative estimate of drug-likeness (QED) is 0.679. The minimum Gasteiger partial charge on any atom is -0.496 e. The molecule has 24 heavy (non-hydrogen) atoms. The molecule has 1 heterocycles. The first-order valence-corrected chi connectivity index (χ1v) is 8.34. The molecule has 0 aliphatic heterocycles. The fourth-order valence-corrected chi connectivity index (χ4v) is 2.94. The number of urea groups is 1. The van der Waals surface area contributed by atoms with Crippen molar-refractivity contribution in [3.63, 3.8) is 0 Å². The van der Waals surface area contributed by atoms with Gasteiger partial charge >= 0.3 is 6.03 Å². The molecule has 0 saturated heterocycles. The van der Waals surface area contributed by atoms with Gasteiger partial charge in [-0.15, -0.1) is 11.3 Å². The first-order chi connectivity index (χ1) is 11.7. The molecule has 0 bridgehead atoms. The van der Waals surface area contributed by atoms with Crippen LogP contribution in [0.15, 0.2) is 53.9 Å². The van der Waals surface area contributed by atoms with Crippen LogP contribution in [0.25, 0.3) is 11.3 Å². The first-order valence-electron chi connectivity index (χ1n) is 7.08. The molecule has 3 rings (SSSR count). The number of nitrogens with zero attached hydrogens (tertiary/aromatic N) is 1. The number of carbonyl (C=O) groups excluding carboxylic acids is 1. The van der Waals surface area contributed by atoms with Crippen LogP contribution in [0, 0.1) is 0 Å². The average molecular weight is 360 g/mol. The lowest BCUT2D eigenvalue weighted by molar-refractivity contribution is 0.262. The third kappa shape index (κ3) is 3.84. The summed E-state index contributed by atoms with van der Waals surface area (Å²) in [6.45, 7) is 0. The molecular weight excluding hydrogens is 346 g/mol. The molecule has 2 N–H and O–H groups in total. The van der Waals surface area contributed by atoms with Gasteiger partial charge in [0.2, 0.25) is 0 Å². The molecule has 1 aromatic heterocycles. The number of carbonyl (C=O) groups is 1. The van der Waals surface area contributed by atoms with E-state index in [1.807, 2.05) is 29.6 Å². The van der Waals surface area contributed by atoms with Gasteiger partial charge < -0.3 is 10.1 Å². The summed E-state index contributed by atoms with van der Waals surface area (Å²) in [4.78, 5) is 16.5. The molecule has 0 aliphatic carbocycles. The van der Waals surface area contributed by atoms with Gasteiger partial charge in [0.25, 0.3) is 0 Å². The van der Waals surface area contributed by atoms with Gasteiger partial charge in [-0.05, 0) is 36.4 Å². The molecule has 0 radical (unpaired) electrons. The fraction of sp³-hybridized carbons (Fsp3) is 0.0588. The number of thiazole rings is 1. The SMILES string of the molecule is COc1ccccc1-c1csc(NC(=O)Nc2ccc(Cl)cc2)n1. The first kappa shape index (κ1) is 16.3. The highest BCUT2D eigenvalue weighted by molar-refractivity contribution is 7.14. The van der Waals surface area contributed by atoms with Gasteiger partial charge in [-0.25, -0.2) is 9.78 Å². The minimum absolute atomic E-state index is 0.363. The summed E-state index contributed by atoms with van der Waals surface area (Å²) in [6, 6.07) is 14.1. The van der Waals surface area contributed by atoms with Crippen molar-refractivity contribution in [2.24, 2.45) is 0 Å². The lowest BCUT2D eigenvalue weighted by atomic mass is 10.1. The van der Waals surface area contributed by atoms with E-state index in [1.54, 1.807) is 31.4 Å². The van der Waals surface area contributed by atoms with Crippen LogP contribution in [-0.4, -0.2) is 18.1 Å². The molecule has 2 aromatic carbocycles. The van der Waals surface area contributed by atoms with Gasteiger partial charge in [-0.3, -0.25) is 5.32 Å². The summed E-state index contributed by atoms with van der Waals surface area (Å²) in [5, 5.41) is 8.42. The average Bonchev–Trinajstić information content (AvgIpc) is 3.05. The van der Waals surface area contributed by atoms with Gasteiger partial charge in [0.15, 0.2) is 5.13 Å². The molecule has 0 spiro atoms. The predicted molar refractivity (Wildman–Crippen MR) is 98.2 cm³/mol. The van der Waals surface area contributed by atoms with E-state index in [4.69, 9.17) is 16.3 Å². The number of methoxy groups -OCH3 is 1. The van der Waals surface area contributed by atoms with E-state index in [0.717, 1.165) is 17.0 Å². The molecule has 0 aliphatic rings. The number of halogens is 1. The lowest BCUT2D eigenvalue weighted by Crippen LogP contribution is -2.19. The van der Waals surface area contributed by atoms with Crippen LogP contribution in [0.4, 0.5) is 15.6 Å². The van der Waals surface area contributed by atoms with Crippen LogP contribution in [0.2, 0.25) is 5.02 Å². The number of anilines is 2. The van der Waals surface area contributed by atoms with Crippen molar-refractivity contribution < 1.29 is 9.53 Å². The molecule has 5 nitrogen and oxygen atoms in total. The lowest BCUT2D eigenvalue weighted by Gasteiger charge is -2.06. The molecule has 122 valence electrons. The molecular formula is C17H14ClN3O2S. The minimum atomic E-state index is -0.363. The Morgan fingerprint density at radius 3 is 2.62 bits per heavy atom. The molecule has 0 saturated carbocycles. The second-order valence-electron chi connectivity index (χ2n) is 4.82. The zero-order chi connectivity index (χ0) is 16.9. The highest BCUT2D eigenvalue weighted by atomic mass is 35.5. The predicted octanol–water partition coefficient (Wildman–Crippen LogP) is 5.12. The van der Waals surface area contributed by atoms with Crippen molar-refractivity contribution in [1.82, 2.24) is 4.98 Å². The van der Waals surface area contributed by atoms with Crippen molar-refractivity contribution in [3.05, 3.63) is 58.9 Å². The Hall–Kier alpha value is -2.57. The number of hydrogen-bond acceptors (Lipinski definition) is 4. The summed E-state index contributed by atoms with van der Waals surface area (Å²) >= 11 is 7.16. The fourth-order valence-electron chi connectivity index (χ4n) is 2.10. The third-order valence-corrected chi connectivity index (χ3v) is 4.22. The van der Waals surface area contributed by atoms with E-state index < -0.39 is 0 Å². The van der Waals surface area contributed by atoms with E-state index in [9.17, 15) is 4.79 Å². The summed E-state index contributed by atoms with van der Waals surface area (Å²) in [7, 11) is 1.62. The number of amides is 2. The topological polar surface area (TPSA) is 63.2 Å². The molecule has 3 aromatic rings. The molecule has 2 amide bonds. The van der Waals surface area contributed by atoms with Crippen LogP contribution in [0.1, 0.15) is 0 Å². The number of aromatic nitrogens is 1. The van der Waals surface area contributed by atoms with Crippen molar-refractivity contribution in [2.45, 2.75) is 0 Å². The Labute approximate surface area is 148 Å². The second kappa shape index (κ2) is 7.33. The van der Waals surface area contributed by atoms with E-state index in [2.05, 4.69) is 15.6 Å². The Morgan fingerprint density at radius 1 is 1.12 bits per heavy atom. The highest BCUT2D eigenvalue weighted by Crippen LogP contribution is 2.31. The number of hydrogen-bond donors (Lipinski definition) is 2. The molecule has 0 fully saturated rings. The Bertz CT molecular complexity index is 849. The van der Waals surface area contributed by atoms with E-state index in [1.165, 1.54) is 11.3 Å². The smallest absolute Gasteiger partial charge is 0.325 e. The second-order valence-corrected chi connectivity index (χ2v) is 6.12. The third-order valence-electron chi connectivity index (χ3n) is 3.21. The van der Waals surface area contributed by atoms with Crippen molar-refractivity contribution in [3.8, 4) is 17.0 Å². The van der Waals surface area contributed by atoms with Crippen molar-refractivity contribution >= 4 is 39.8 Å². The maximum atomic E-state index is 12.0. The molecule has 0 unspecified atom stereocenters. The number of rotatable bonds is 4. The molecule has 0 atom stereocenters. The van der Waals surface area contributed by atoms with Gasteiger partial charge in [0.1, 0.15) is 5.75 Å². The number of ether oxygens (including phenoxy) is 1. The zero-order valence-corrected chi connectivity index (χ0v) is 14.3.